The zero-order valence-electron chi connectivity index (χ0n) is 16.4. The zero-order valence-corrected chi connectivity index (χ0v) is 17.2. The number of rotatable bonds is 11. The van der Waals surface area contributed by atoms with Crippen molar-refractivity contribution in [1.29, 1.82) is 0 Å². The lowest BCUT2D eigenvalue weighted by Crippen LogP contribution is -2.39. The standard InChI is InChI=1S/C23H27ClN2O3/c1-2-11-28-17-21(27)15-26(14-18-7-6-10-20(24)12-18)16-22-13-23(25-29-22)19-8-4-3-5-9-19/h2-10,12,21-22,27H,1,11,13-17H2/t21-,22+/m1/s1. The van der Waals surface area contributed by atoms with Crippen LogP contribution >= 0.6 is 11.6 Å². The maximum Gasteiger partial charge on any atom is 0.145 e. The van der Waals surface area contributed by atoms with Gasteiger partial charge in [-0.25, -0.2) is 0 Å². The third kappa shape index (κ3) is 6.98. The van der Waals surface area contributed by atoms with E-state index in [9.17, 15) is 5.11 Å². The van der Waals surface area contributed by atoms with Crippen LogP contribution in [0.1, 0.15) is 17.5 Å². The van der Waals surface area contributed by atoms with Gasteiger partial charge in [-0.05, 0) is 23.3 Å². The lowest BCUT2D eigenvalue weighted by atomic mass is 10.0. The van der Waals surface area contributed by atoms with Gasteiger partial charge in [0, 0.05) is 31.1 Å². The van der Waals surface area contributed by atoms with Crippen LogP contribution in [-0.2, 0) is 16.1 Å². The van der Waals surface area contributed by atoms with Crippen molar-refractivity contribution < 1.29 is 14.7 Å². The molecule has 0 aromatic heterocycles. The Morgan fingerprint density at radius 3 is 2.86 bits per heavy atom. The number of nitrogens with zero attached hydrogens (tertiary/aromatic N) is 2. The summed E-state index contributed by atoms with van der Waals surface area (Å²) < 4.78 is 5.39. The quantitative estimate of drug-likeness (QED) is 0.447. The van der Waals surface area contributed by atoms with E-state index in [0.29, 0.717) is 31.3 Å². The van der Waals surface area contributed by atoms with E-state index in [2.05, 4.69) is 16.6 Å². The van der Waals surface area contributed by atoms with Crippen molar-refractivity contribution in [3.05, 3.63) is 83.4 Å². The van der Waals surface area contributed by atoms with Gasteiger partial charge in [0.25, 0.3) is 0 Å². The molecule has 2 aromatic carbocycles. The average Bonchev–Trinajstić information content (AvgIpc) is 3.17. The Balaban J connectivity index is 1.61. The first-order valence-corrected chi connectivity index (χ1v) is 10.1. The molecule has 1 aliphatic heterocycles. The summed E-state index contributed by atoms with van der Waals surface area (Å²) in [6.45, 7) is 6.06. The highest BCUT2D eigenvalue weighted by atomic mass is 35.5. The normalized spacial score (nSPS) is 17.1. The Morgan fingerprint density at radius 1 is 1.28 bits per heavy atom. The fraction of sp³-hybridized carbons (Fsp3) is 0.348. The third-order valence-electron chi connectivity index (χ3n) is 4.61. The van der Waals surface area contributed by atoms with Crippen molar-refractivity contribution in [3.8, 4) is 0 Å². The van der Waals surface area contributed by atoms with Gasteiger partial charge < -0.3 is 14.7 Å². The van der Waals surface area contributed by atoms with Crippen LogP contribution in [0.5, 0.6) is 0 Å². The van der Waals surface area contributed by atoms with Crippen LogP contribution in [-0.4, -0.2) is 54.2 Å². The Bertz CT molecular complexity index is 813. The van der Waals surface area contributed by atoms with Crippen molar-refractivity contribution in [3.63, 3.8) is 0 Å². The molecule has 0 radical (unpaired) electrons. The number of oxime groups is 1. The molecule has 0 amide bonds. The monoisotopic (exact) mass is 414 g/mol. The first-order valence-electron chi connectivity index (χ1n) is 9.75. The van der Waals surface area contributed by atoms with E-state index < -0.39 is 6.10 Å². The highest BCUT2D eigenvalue weighted by Gasteiger charge is 2.25. The fourth-order valence-corrected chi connectivity index (χ4v) is 3.56. The molecule has 0 fully saturated rings. The summed E-state index contributed by atoms with van der Waals surface area (Å²) in [6.07, 6.45) is 1.74. The van der Waals surface area contributed by atoms with Crippen LogP contribution in [0.15, 0.2) is 72.4 Å². The van der Waals surface area contributed by atoms with Crippen LogP contribution in [0.25, 0.3) is 0 Å². The molecule has 1 aliphatic rings. The number of aliphatic hydroxyl groups is 1. The lowest BCUT2D eigenvalue weighted by Gasteiger charge is -2.27. The molecule has 6 heteroatoms. The molecule has 1 N–H and O–H groups in total. The van der Waals surface area contributed by atoms with Gasteiger partial charge in [-0.1, -0.05) is 65.3 Å². The maximum atomic E-state index is 10.4. The van der Waals surface area contributed by atoms with Gasteiger partial charge in [-0.3, -0.25) is 4.90 Å². The van der Waals surface area contributed by atoms with Gasteiger partial charge in [0.2, 0.25) is 0 Å². The molecular weight excluding hydrogens is 388 g/mol. The fourth-order valence-electron chi connectivity index (χ4n) is 3.35. The van der Waals surface area contributed by atoms with Crippen LogP contribution in [0.4, 0.5) is 0 Å². The van der Waals surface area contributed by atoms with E-state index in [1.165, 1.54) is 0 Å². The molecule has 0 spiro atoms. The molecule has 2 atom stereocenters. The number of ether oxygens (including phenoxy) is 1. The summed E-state index contributed by atoms with van der Waals surface area (Å²) in [5.74, 6) is 0. The van der Waals surface area contributed by atoms with Crippen LogP contribution in [0.3, 0.4) is 0 Å². The van der Waals surface area contributed by atoms with Crippen molar-refractivity contribution in [2.45, 2.75) is 25.2 Å². The van der Waals surface area contributed by atoms with E-state index >= 15 is 0 Å². The van der Waals surface area contributed by atoms with E-state index in [0.717, 1.165) is 23.3 Å². The Labute approximate surface area is 177 Å². The number of hydrogen-bond donors (Lipinski definition) is 1. The summed E-state index contributed by atoms with van der Waals surface area (Å²) in [5.41, 5.74) is 3.11. The van der Waals surface area contributed by atoms with E-state index in [1.807, 2.05) is 54.6 Å². The predicted molar refractivity (Wildman–Crippen MR) is 116 cm³/mol. The second-order valence-corrected chi connectivity index (χ2v) is 7.58. The van der Waals surface area contributed by atoms with E-state index in [4.69, 9.17) is 21.2 Å². The largest absolute Gasteiger partial charge is 0.390 e. The van der Waals surface area contributed by atoms with Crippen LogP contribution < -0.4 is 0 Å². The zero-order chi connectivity index (χ0) is 20.5. The summed E-state index contributed by atoms with van der Waals surface area (Å²) in [4.78, 5) is 7.84. The number of aliphatic hydroxyl groups excluding tert-OH is 1. The van der Waals surface area contributed by atoms with E-state index in [1.54, 1.807) is 6.08 Å². The third-order valence-corrected chi connectivity index (χ3v) is 4.85. The molecule has 0 bridgehead atoms. The maximum absolute atomic E-state index is 10.4. The number of hydrogen-bond acceptors (Lipinski definition) is 5. The topological polar surface area (TPSA) is 54.3 Å². The summed E-state index contributed by atoms with van der Waals surface area (Å²) >= 11 is 6.14. The van der Waals surface area contributed by atoms with Gasteiger partial charge >= 0.3 is 0 Å². The summed E-state index contributed by atoms with van der Waals surface area (Å²) in [7, 11) is 0. The molecule has 154 valence electrons. The van der Waals surface area contributed by atoms with Gasteiger partial charge in [-0.2, -0.15) is 0 Å². The number of benzene rings is 2. The number of halogens is 1. The highest BCUT2D eigenvalue weighted by Crippen LogP contribution is 2.19. The van der Waals surface area contributed by atoms with Crippen LogP contribution in [0, 0.1) is 0 Å². The van der Waals surface area contributed by atoms with E-state index in [-0.39, 0.29) is 12.7 Å². The molecule has 0 aliphatic carbocycles. The molecule has 0 unspecified atom stereocenters. The molecule has 2 aromatic rings. The highest BCUT2D eigenvalue weighted by molar-refractivity contribution is 6.30. The van der Waals surface area contributed by atoms with Gasteiger partial charge in [0.15, 0.2) is 0 Å². The molecular formula is C23H27ClN2O3. The minimum atomic E-state index is -0.606. The molecule has 29 heavy (non-hydrogen) atoms. The summed E-state index contributed by atoms with van der Waals surface area (Å²) in [5, 5.41) is 15.4. The molecule has 0 saturated carbocycles. The van der Waals surface area contributed by atoms with Crippen molar-refractivity contribution in [2.24, 2.45) is 5.16 Å². The van der Waals surface area contributed by atoms with Crippen molar-refractivity contribution in [2.75, 3.05) is 26.3 Å². The smallest absolute Gasteiger partial charge is 0.145 e. The predicted octanol–water partition coefficient (Wildman–Crippen LogP) is 3.90. The second-order valence-electron chi connectivity index (χ2n) is 7.14. The van der Waals surface area contributed by atoms with Crippen LogP contribution in [0.2, 0.25) is 5.02 Å². The minimum absolute atomic E-state index is 0.0642. The van der Waals surface area contributed by atoms with Gasteiger partial charge in [-0.15, -0.1) is 6.58 Å². The lowest BCUT2D eigenvalue weighted by molar-refractivity contribution is 0.00336. The van der Waals surface area contributed by atoms with Crippen molar-refractivity contribution in [1.82, 2.24) is 4.90 Å². The molecule has 1 heterocycles. The first kappa shape index (κ1) is 21.5. The molecule has 5 nitrogen and oxygen atoms in total. The molecule has 0 saturated heterocycles. The Morgan fingerprint density at radius 2 is 2.10 bits per heavy atom. The second kappa shape index (κ2) is 11.1. The van der Waals surface area contributed by atoms with Crippen molar-refractivity contribution >= 4 is 17.3 Å². The summed E-state index contributed by atoms with van der Waals surface area (Å²) in [6, 6.07) is 17.8. The van der Waals surface area contributed by atoms with Gasteiger partial charge in [0.1, 0.15) is 6.10 Å². The minimum Gasteiger partial charge on any atom is -0.390 e. The SMILES string of the molecule is C=CCOC[C@H](O)CN(Cc1cccc(Cl)c1)C[C@@H]1CC(c2ccccc2)=NO1. The van der Waals surface area contributed by atoms with Gasteiger partial charge in [0.05, 0.1) is 25.0 Å². The average molecular weight is 415 g/mol. The Hall–Kier alpha value is -2.18. The Kier molecular flexibility index (Phi) is 8.25. The first-order chi connectivity index (χ1) is 14.1. The molecule has 3 rings (SSSR count).